The first-order chi connectivity index (χ1) is 8.28. The molecule has 0 amide bonds. The molecule has 0 unspecified atom stereocenters. The highest BCUT2D eigenvalue weighted by Crippen LogP contribution is 2.28. The highest BCUT2D eigenvalue weighted by atomic mass is 79.9. The van der Waals surface area contributed by atoms with E-state index in [1.54, 1.807) is 0 Å². The van der Waals surface area contributed by atoms with Crippen molar-refractivity contribution in [3.8, 4) is 0 Å². The molecule has 0 spiro atoms. The maximum atomic E-state index is 5.55. The molecule has 0 radical (unpaired) electrons. The SMILES string of the molecule is CCc1nc(Br)cc(NCCOCC2CC2)n1. The Morgan fingerprint density at radius 1 is 1.47 bits per heavy atom. The van der Waals surface area contributed by atoms with Gasteiger partial charge in [-0.1, -0.05) is 6.92 Å². The van der Waals surface area contributed by atoms with Crippen LogP contribution in [0.5, 0.6) is 0 Å². The Bertz CT molecular complexity index is 369. The van der Waals surface area contributed by atoms with Gasteiger partial charge in [-0.15, -0.1) is 0 Å². The van der Waals surface area contributed by atoms with E-state index in [1.807, 2.05) is 13.0 Å². The van der Waals surface area contributed by atoms with E-state index < -0.39 is 0 Å². The monoisotopic (exact) mass is 299 g/mol. The van der Waals surface area contributed by atoms with Gasteiger partial charge in [0.25, 0.3) is 0 Å². The molecule has 1 aliphatic rings. The second-order valence-corrected chi connectivity index (χ2v) is 5.10. The summed E-state index contributed by atoms with van der Waals surface area (Å²) in [5.74, 6) is 2.54. The van der Waals surface area contributed by atoms with Gasteiger partial charge in [-0.3, -0.25) is 0 Å². The second kappa shape index (κ2) is 6.31. The average Bonchev–Trinajstić information content (AvgIpc) is 3.12. The number of hydrogen-bond donors (Lipinski definition) is 1. The number of nitrogens with one attached hydrogen (secondary N) is 1. The zero-order chi connectivity index (χ0) is 12.1. The number of ether oxygens (including phenoxy) is 1. The van der Waals surface area contributed by atoms with Crippen LogP contribution in [0.4, 0.5) is 5.82 Å². The fourth-order valence-electron chi connectivity index (χ4n) is 1.50. The number of anilines is 1. The number of halogens is 1. The van der Waals surface area contributed by atoms with Crippen LogP contribution in [-0.2, 0) is 11.2 Å². The minimum atomic E-state index is 0.736. The van der Waals surface area contributed by atoms with E-state index in [-0.39, 0.29) is 0 Å². The topological polar surface area (TPSA) is 47.0 Å². The highest BCUT2D eigenvalue weighted by Gasteiger charge is 2.20. The van der Waals surface area contributed by atoms with E-state index in [9.17, 15) is 0 Å². The predicted molar refractivity (Wildman–Crippen MR) is 71.1 cm³/mol. The fourth-order valence-corrected chi connectivity index (χ4v) is 1.92. The Morgan fingerprint density at radius 2 is 2.29 bits per heavy atom. The molecule has 17 heavy (non-hydrogen) atoms. The third-order valence-corrected chi connectivity index (χ3v) is 3.07. The molecule has 4 nitrogen and oxygen atoms in total. The molecule has 5 heteroatoms. The lowest BCUT2D eigenvalue weighted by molar-refractivity contribution is 0.134. The number of nitrogens with zero attached hydrogens (tertiary/aromatic N) is 2. The van der Waals surface area contributed by atoms with E-state index >= 15 is 0 Å². The molecular weight excluding hydrogens is 282 g/mol. The second-order valence-electron chi connectivity index (χ2n) is 4.29. The van der Waals surface area contributed by atoms with Gasteiger partial charge in [-0.25, -0.2) is 9.97 Å². The van der Waals surface area contributed by atoms with Gasteiger partial charge in [0.15, 0.2) is 0 Å². The quantitative estimate of drug-likeness (QED) is 0.621. The Kier molecular flexibility index (Phi) is 4.74. The van der Waals surface area contributed by atoms with Gasteiger partial charge in [-0.2, -0.15) is 0 Å². The van der Waals surface area contributed by atoms with Gasteiger partial charge in [-0.05, 0) is 34.7 Å². The number of hydrogen-bond acceptors (Lipinski definition) is 4. The Hall–Kier alpha value is -0.680. The lowest BCUT2D eigenvalue weighted by Crippen LogP contribution is -2.12. The molecular formula is C12H18BrN3O. The maximum absolute atomic E-state index is 5.55. The summed E-state index contributed by atoms with van der Waals surface area (Å²) in [6.45, 7) is 4.48. The zero-order valence-electron chi connectivity index (χ0n) is 10.1. The summed E-state index contributed by atoms with van der Waals surface area (Å²) in [6, 6.07) is 1.89. The van der Waals surface area contributed by atoms with Gasteiger partial charge in [0, 0.05) is 25.6 Å². The summed E-state index contributed by atoms with van der Waals surface area (Å²) < 4.78 is 6.37. The first-order valence-corrected chi connectivity index (χ1v) is 6.92. The normalized spacial score (nSPS) is 14.9. The molecule has 2 rings (SSSR count). The Balaban J connectivity index is 1.71. The van der Waals surface area contributed by atoms with Gasteiger partial charge >= 0.3 is 0 Å². The molecule has 1 aromatic rings. The van der Waals surface area contributed by atoms with Crippen LogP contribution in [0.3, 0.4) is 0 Å². The molecule has 0 aliphatic heterocycles. The van der Waals surface area contributed by atoms with Crippen molar-refractivity contribution in [1.82, 2.24) is 9.97 Å². The van der Waals surface area contributed by atoms with Crippen molar-refractivity contribution in [2.75, 3.05) is 25.1 Å². The van der Waals surface area contributed by atoms with E-state index in [0.29, 0.717) is 0 Å². The van der Waals surface area contributed by atoms with Gasteiger partial charge in [0.2, 0.25) is 0 Å². The summed E-state index contributed by atoms with van der Waals surface area (Å²) in [5, 5.41) is 3.25. The van der Waals surface area contributed by atoms with Crippen LogP contribution in [0.2, 0.25) is 0 Å². The molecule has 1 aromatic heterocycles. The first kappa shape index (κ1) is 12.8. The van der Waals surface area contributed by atoms with E-state index in [0.717, 1.165) is 48.3 Å². The minimum Gasteiger partial charge on any atom is -0.379 e. The van der Waals surface area contributed by atoms with Crippen LogP contribution < -0.4 is 5.32 Å². The third-order valence-electron chi connectivity index (χ3n) is 2.66. The number of rotatable bonds is 7. The molecule has 0 saturated heterocycles. The van der Waals surface area contributed by atoms with E-state index in [1.165, 1.54) is 12.8 Å². The molecule has 1 heterocycles. The lowest BCUT2D eigenvalue weighted by Gasteiger charge is -2.07. The molecule has 94 valence electrons. The summed E-state index contributed by atoms with van der Waals surface area (Å²) in [6.07, 6.45) is 3.52. The molecule has 1 fully saturated rings. The van der Waals surface area contributed by atoms with Crippen LogP contribution in [0, 0.1) is 5.92 Å². The molecule has 1 saturated carbocycles. The standard InChI is InChI=1S/C12H18BrN3O/c1-2-11-15-10(13)7-12(16-11)14-5-6-17-8-9-3-4-9/h7,9H,2-6,8H2,1H3,(H,14,15,16). The summed E-state index contributed by atoms with van der Waals surface area (Å²) >= 11 is 3.38. The predicted octanol–water partition coefficient (Wildman–Crippen LogP) is 2.64. The molecule has 1 aliphatic carbocycles. The van der Waals surface area contributed by atoms with Crippen molar-refractivity contribution >= 4 is 21.7 Å². The van der Waals surface area contributed by atoms with Crippen LogP contribution in [0.25, 0.3) is 0 Å². The van der Waals surface area contributed by atoms with E-state index in [4.69, 9.17) is 4.74 Å². The minimum absolute atomic E-state index is 0.736. The Labute approximate surface area is 110 Å². The third kappa shape index (κ3) is 4.60. The van der Waals surface area contributed by atoms with Gasteiger partial charge < -0.3 is 10.1 Å². The van der Waals surface area contributed by atoms with Crippen LogP contribution >= 0.6 is 15.9 Å². The lowest BCUT2D eigenvalue weighted by atomic mass is 10.4. The summed E-state index contributed by atoms with van der Waals surface area (Å²) in [7, 11) is 0. The van der Waals surface area contributed by atoms with Crippen LogP contribution in [0.15, 0.2) is 10.7 Å². The number of aryl methyl sites for hydroxylation is 1. The van der Waals surface area contributed by atoms with Crippen molar-refractivity contribution in [3.63, 3.8) is 0 Å². The molecule has 0 atom stereocenters. The van der Waals surface area contributed by atoms with E-state index in [2.05, 4.69) is 31.2 Å². The largest absolute Gasteiger partial charge is 0.379 e. The van der Waals surface area contributed by atoms with Crippen LogP contribution in [0.1, 0.15) is 25.6 Å². The van der Waals surface area contributed by atoms with Crippen molar-refractivity contribution in [2.24, 2.45) is 5.92 Å². The average molecular weight is 300 g/mol. The van der Waals surface area contributed by atoms with Crippen molar-refractivity contribution in [2.45, 2.75) is 26.2 Å². The molecule has 1 N–H and O–H groups in total. The molecule has 0 bridgehead atoms. The molecule has 0 aromatic carbocycles. The van der Waals surface area contributed by atoms with Crippen molar-refractivity contribution in [1.29, 1.82) is 0 Å². The van der Waals surface area contributed by atoms with Gasteiger partial charge in [0.05, 0.1) is 6.61 Å². The van der Waals surface area contributed by atoms with Crippen molar-refractivity contribution in [3.05, 3.63) is 16.5 Å². The summed E-state index contributed by atoms with van der Waals surface area (Å²) in [5.41, 5.74) is 0. The first-order valence-electron chi connectivity index (χ1n) is 6.13. The van der Waals surface area contributed by atoms with Crippen molar-refractivity contribution < 1.29 is 4.74 Å². The number of aromatic nitrogens is 2. The fraction of sp³-hybridized carbons (Fsp3) is 0.667. The highest BCUT2D eigenvalue weighted by molar-refractivity contribution is 9.10. The smallest absolute Gasteiger partial charge is 0.131 e. The Morgan fingerprint density at radius 3 is 3.00 bits per heavy atom. The maximum Gasteiger partial charge on any atom is 0.131 e. The van der Waals surface area contributed by atoms with Gasteiger partial charge in [0.1, 0.15) is 16.2 Å². The zero-order valence-corrected chi connectivity index (χ0v) is 11.7. The van der Waals surface area contributed by atoms with Crippen LogP contribution in [-0.4, -0.2) is 29.7 Å². The summed E-state index contributed by atoms with van der Waals surface area (Å²) in [4.78, 5) is 8.65.